The maximum atomic E-state index is 13.4. The Labute approximate surface area is 246 Å². The number of carbonyl (C=O) groups excluding carboxylic acids is 2. The molecule has 42 heavy (non-hydrogen) atoms. The summed E-state index contributed by atoms with van der Waals surface area (Å²) < 4.78 is 13.4. The van der Waals surface area contributed by atoms with Gasteiger partial charge in [0.25, 0.3) is 5.91 Å². The second-order valence-electron chi connectivity index (χ2n) is 11.0. The molecule has 0 spiro atoms. The lowest BCUT2D eigenvalue weighted by Gasteiger charge is -2.36. The highest BCUT2D eigenvalue weighted by molar-refractivity contribution is 5.96. The molecule has 7 nitrogen and oxygen atoms in total. The van der Waals surface area contributed by atoms with Gasteiger partial charge in [-0.05, 0) is 59.9 Å². The Balaban J connectivity index is 1.17. The quantitative estimate of drug-likeness (QED) is 0.257. The van der Waals surface area contributed by atoms with Crippen molar-refractivity contribution in [1.82, 2.24) is 20.0 Å². The molecule has 4 aromatic rings. The van der Waals surface area contributed by atoms with Crippen molar-refractivity contribution in [2.75, 3.05) is 44.2 Å². The Bertz CT molecular complexity index is 1470. The molecule has 2 amide bonds. The standard InChI is InChI=1S/C34H36FN5O2/c1-25(2)18-19-40(34(42)29-12-14-30(35)15-13-29)24-33(41)39-22-20-38(21-23-39)32-17-16-31(36-37-32)28-10-8-27(9-11-28)26-6-4-3-5-7-26/h3-17,25H,18-24H2,1-2H3. The van der Waals surface area contributed by atoms with Crippen LogP contribution < -0.4 is 4.90 Å². The van der Waals surface area contributed by atoms with Crippen molar-refractivity contribution in [2.45, 2.75) is 20.3 Å². The van der Waals surface area contributed by atoms with Gasteiger partial charge in [-0.25, -0.2) is 4.39 Å². The average Bonchev–Trinajstić information content (AvgIpc) is 3.03. The predicted molar refractivity (Wildman–Crippen MR) is 163 cm³/mol. The third-order valence-electron chi connectivity index (χ3n) is 7.58. The largest absolute Gasteiger partial charge is 0.352 e. The lowest BCUT2D eigenvalue weighted by Crippen LogP contribution is -2.52. The number of anilines is 1. The lowest BCUT2D eigenvalue weighted by molar-refractivity contribution is -0.132. The van der Waals surface area contributed by atoms with Crippen LogP contribution in [0.4, 0.5) is 10.2 Å². The van der Waals surface area contributed by atoms with Crippen molar-refractivity contribution in [1.29, 1.82) is 0 Å². The molecule has 216 valence electrons. The highest BCUT2D eigenvalue weighted by Gasteiger charge is 2.26. The van der Waals surface area contributed by atoms with Gasteiger partial charge in [0.2, 0.25) is 5.91 Å². The molecule has 2 heterocycles. The molecule has 3 aromatic carbocycles. The van der Waals surface area contributed by atoms with Crippen LogP contribution in [0.2, 0.25) is 0 Å². The summed E-state index contributed by atoms with van der Waals surface area (Å²) in [4.78, 5) is 31.9. The summed E-state index contributed by atoms with van der Waals surface area (Å²) in [5, 5.41) is 8.94. The summed E-state index contributed by atoms with van der Waals surface area (Å²) in [5.74, 6) is 0.415. The molecule has 1 saturated heterocycles. The summed E-state index contributed by atoms with van der Waals surface area (Å²) in [6, 6.07) is 28.0. The average molecular weight is 566 g/mol. The van der Waals surface area contributed by atoms with E-state index in [0.717, 1.165) is 29.1 Å². The van der Waals surface area contributed by atoms with E-state index in [9.17, 15) is 14.0 Å². The van der Waals surface area contributed by atoms with E-state index >= 15 is 0 Å². The van der Waals surface area contributed by atoms with Crippen LogP contribution >= 0.6 is 0 Å². The van der Waals surface area contributed by atoms with E-state index in [-0.39, 0.29) is 18.4 Å². The van der Waals surface area contributed by atoms with E-state index < -0.39 is 5.82 Å². The summed E-state index contributed by atoms with van der Waals surface area (Å²) >= 11 is 0. The van der Waals surface area contributed by atoms with Crippen molar-refractivity contribution in [3.05, 3.63) is 102 Å². The predicted octanol–water partition coefficient (Wildman–Crippen LogP) is 5.79. The number of hydrogen-bond donors (Lipinski definition) is 0. The smallest absolute Gasteiger partial charge is 0.254 e. The summed E-state index contributed by atoms with van der Waals surface area (Å²) in [6.45, 7) is 6.96. The Kier molecular flexibility index (Phi) is 9.21. The Morgan fingerprint density at radius 3 is 2.05 bits per heavy atom. The molecule has 0 atom stereocenters. The number of carbonyl (C=O) groups is 2. The first-order valence-corrected chi connectivity index (χ1v) is 14.4. The van der Waals surface area contributed by atoms with Gasteiger partial charge in [0.1, 0.15) is 12.4 Å². The molecular formula is C34H36FN5O2. The zero-order valence-electron chi connectivity index (χ0n) is 24.1. The summed E-state index contributed by atoms with van der Waals surface area (Å²) in [7, 11) is 0. The number of rotatable bonds is 9. The van der Waals surface area contributed by atoms with Gasteiger partial charge in [0.15, 0.2) is 5.82 Å². The second-order valence-corrected chi connectivity index (χ2v) is 11.0. The highest BCUT2D eigenvalue weighted by Crippen LogP contribution is 2.24. The van der Waals surface area contributed by atoms with Gasteiger partial charge in [-0.2, -0.15) is 0 Å². The van der Waals surface area contributed by atoms with Gasteiger partial charge in [-0.15, -0.1) is 10.2 Å². The minimum absolute atomic E-state index is 0.000491. The molecule has 8 heteroatoms. The van der Waals surface area contributed by atoms with Gasteiger partial charge in [0.05, 0.1) is 5.69 Å². The van der Waals surface area contributed by atoms with Gasteiger partial charge in [-0.1, -0.05) is 68.4 Å². The van der Waals surface area contributed by atoms with Crippen LogP contribution in [0.5, 0.6) is 0 Å². The Morgan fingerprint density at radius 2 is 1.43 bits per heavy atom. The first kappa shape index (κ1) is 28.9. The van der Waals surface area contributed by atoms with E-state index in [2.05, 4.69) is 65.3 Å². The zero-order valence-corrected chi connectivity index (χ0v) is 24.1. The van der Waals surface area contributed by atoms with Crippen LogP contribution in [0, 0.1) is 11.7 Å². The van der Waals surface area contributed by atoms with E-state index in [1.165, 1.54) is 29.8 Å². The molecule has 0 saturated carbocycles. The van der Waals surface area contributed by atoms with Crippen molar-refractivity contribution >= 4 is 17.6 Å². The number of halogens is 1. The van der Waals surface area contributed by atoms with Crippen molar-refractivity contribution in [2.24, 2.45) is 5.92 Å². The summed E-state index contributed by atoms with van der Waals surface area (Å²) in [6.07, 6.45) is 0.778. The molecule has 5 rings (SSSR count). The van der Waals surface area contributed by atoms with Crippen LogP contribution in [-0.2, 0) is 4.79 Å². The van der Waals surface area contributed by atoms with Crippen LogP contribution in [0.1, 0.15) is 30.6 Å². The molecule has 0 bridgehead atoms. The van der Waals surface area contributed by atoms with E-state index in [1.54, 1.807) is 9.80 Å². The van der Waals surface area contributed by atoms with Gasteiger partial charge in [0, 0.05) is 43.9 Å². The number of benzene rings is 3. The minimum Gasteiger partial charge on any atom is -0.352 e. The van der Waals surface area contributed by atoms with Crippen molar-refractivity contribution in [3.8, 4) is 22.4 Å². The fourth-order valence-electron chi connectivity index (χ4n) is 5.00. The Hall–Kier alpha value is -4.59. The molecule has 0 N–H and O–H groups in total. The summed E-state index contributed by atoms with van der Waals surface area (Å²) in [5.41, 5.74) is 4.51. The van der Waals surface area contributed by atoms with Crippen molar-refractivity contribution < 1.29 is 14.0 Å². The molecule has 0 radical (unpaired) electrons. The van der Waals surface area contributed by atoms with Crippen LogP contribution in [0.25, 0.3) is 22.4 Å². The molecule has 0 aliphatic carbocycles. The lowest BCUT2D eigenvalue weighted by atomic mass is 10.0. The Morgan fingerprint density at radius 1 is 0.786 bits per heavy atom. The van der Waals surface area contributed by atoms with Gasteiger partial charge < -0.3 is 14.7 Å². The maximum absolute atomic E-state index is 13.4. The number of aromatic nitrogens is 2. The molecule has 1 fully saturated rings. The zero-order chi connectivity index (χ0) is 29.5. The third-order valence-corrected chi connectivity index (χ3v) is 7.58. The number of nitrogens with zero attached hydrogens (tertiary/aromatic N) is 5. The van der Waals surface area contributed by atoms with Gasteiger partial charge in [-0.3, -0.25) is 9.59 Å². The topological polar surface area (TPSA) is 69.6 Å². The van der Waals surface area contributed by atoms with Crippen molar-refractivity contribution in [3.63, 3.8) is 0 Å². The molecule has 1 aliphatic rings. The van der Waals surface area contributed by atoms with Gasteiger partial charge >= 0.3 is 0 Å². The van der Waals surface area contributed by atoms with Crippen LogP contribution in [-0.4, -0.2) is 71.1 Å². The molecule has 1 aliphatic heterocycles. The first-order chi connectivity index (χ1) is 20.4. The van der Waals surface area contributed by atoms with Crippen LogP contribution in [0.3, 0.4) is 0 Å². The molecular weight excluding hydrogens is 529 g/mol. The van der Waals surface area contributed by atoms with E-state index in [0.29, 0.717) is 44.2 Å². The normalized spacial score (nSPS) is 13.3. The SMILES string of the molecule is CC(C)CCN(CC(=O)N1CCN(c2ccc(-c3ccc(-c4ccccc4)cc3)nn2)CC1)C(=O)c1ccc(F)cc1. The molecule has 1 aromatic heterocycles. The fraction of sp³-hybridized carbons (Fsp3) is 0.294. The number of piperazine rings is 1. The number of amides is 2. The fourth-order valence-corrected chi connectivity index (χ4v) is 5.00. The monoisotopic (exact) mass is 565 g/mol. The maximum Gasteiger partial charge on any atom is 0.254 e. The number of hydrogen-bond acceptors (Lipinski definition) is 5. The molecule has 0 unspecified atom stereocenters. The first-order valence-electron chi connectivity index (χ1n) is 14.4. The van der Waals surface area contributed by atoms with E-state index in [1.807, 2.05) is 30.3 Å². The van der Waals surface area contributed by atoms with E-state index in [4.69, 9.17) is 0 Å². The minimum atomic E-state index is -0.397. The second kappa shape index (κ2) is 13.4. The highest BCUT2D eigenvalue weighted by atomic mass is 19.1. The van der Waals surface area contributed by atoms with Crippen LogP contribution in [0.15, 0.2) is 91.0 Å². The third kappa shape index (κ3) is 7.18.